The van der Waals surface area contributed by atoms with Gasteiger partial charge in [0.1, 0.15) is 5.60 Å². The summed E-state index contributed by atoms with van der Waals surface area (Å²) in [6.45, 7) is 8.96. The molecule has 2 N–H and O–H groups in total. The lowest BCUT2D eigenvalue weighted by atomic mass is 9.97. The molecule has 1 aliphatic heterocycles. The van der Waals surface area contributed by atoms with Gasteiger partial charge in [-0.15, -0.1) is 0 Å². The number of benzene rings is 2. The number of rotatable bonds is 6. The van der Waals surface area contributed by atoms with E-state index in [-0.39, 0.29) is 18.0 Å². The van der Waals surface area contributed by atoms with Gasteiger partial charge in [-0.1, -0.05) is 12.1 Å². The van der Waals surface area contributed by atoms with Gasteiger partial charge < -0.3 is 20.3 Å². The molecule has 8 nitrogen and oxygen atoms in total. The minimum absolute atomic E-state index is 0.0175. The number of ether oxygens (including phenoxy) is 1. The Kier molecular flexibility index (Phi) is 6.75. The fourth-order valence-corrected chi connectivity index (χ4v) is 4.67. The first-order chi connectivity index (χ1) is 17.7. The van der Waals surface area contributed by atoms with Crippen LogP contribution in [0, 0.1) is 6.92 Å². The fraction of sp³-hybridized carbons (Fsp3) is 0.448. The first-order valence-corrected chi connectivity index (χ1v) is 13.1. The molecule has 2 aliphatic rings. The monoisotopic (exact) mass is 501 g/mol. The van der Waals surface area contributed by atoms with Gasteiger partial charge >= 0.3 is 6.09 Å². The third kappa shape index (κ3) is 6.01. The van der Waals surface area contributed by atoms with Crippen LogP contribution >= 0.6 is 0 Å². The van der Waals surface area contributed by atoms with Gasteiger partial charge in [-0.25, -0.2) is 14.8 Å². The van der Waals surface area contributed by atoms with Crippen molar-refractivity contribution in [1.82, 2.24) is 20.2 Å². The average Bonchev–Trinajstić information content (AvgIpc) is 3.54. The van der Waals surface area contributed by atoms with Crippen molar-refractivity contribution in [1.29, 1.82) is 0 Å². The highest BCUT2D eigenvalue weighted by molar-refractivity contribution is 5.96. The quantitative estimate of drug-likeness (QED) is 0.475. The number of aromatic nitrogens is 2. The van der Waals surface area contributed by atoms with Gasteiger partial charge in [0.15, 0.2) is 0 Å². The molecule has 0 spiro atoms. The molecule has 5 rings (SSSR count). The summed E-state index contributed by atoms with van der Waals surface area (Å²) >= 11 is 0. The molecule has 1 atom stereocenters. The van der Waals surface area contributed by atoms with Gasteiger partial charge in [-0.3, -0.25) is 4.79 Å². The van der Waals surface area contributed by atoms with E-state index in [4.69, 9.17) is 4.74 Å². The normalized spacial score (nSPS) is 17.6. The van der Waals surface area contributed by atoms with E-state index in [1.54, 1.807) is 4.90 Å². The molecule has 194 valence electrons. The molecule has 0 unspecified atom stereocenters. The van der Waals surface area contributed by atoms with Gasteiger partial charge in [0.25, 0.3) is 5.91 Å². The zero-order chi connectivity index (χ0) is 26.2. The molecular formula is C29H35N5O3. The van der Waals surface area contributed by atoms with Crippen LogP contribution in [-0.4, -0.2) is 57.6 Å². The van der Waals surface area contributed by atoms with Crippen LogP contribution in [0.1, 0.15) is 62.4 Å². The molecule has 37 heavy (non-hydrogen) atoms. The number of likely N-dealkylation sites (tertiary alicyclic amines) is 1. The minimum Gasteiger partial charge on any atom is -0.444 e. The predicted octanol–water partition coefficient (Wildman–Crippen LogP) is 5.31. The summed E-state index contributed by atoms with van der Waals surface area (Å²) in [5, 5.41) is 7.29. The third-order valence-corrected chi connectivity index (χ3v) is 6.80. The molecule has 0 bridgehead atoms. The summed E-state index contributed by atoms with van der Waals surface area (Å²) in [6, 6.07) is 12.3. The Morgan fingerprint density at radius 3 is 2.68 bits per heavy atom. The summed E-state index contributed by atoms with van der Waals surface area (Å²) < 4.78 is 5.56. The predicted molar refractivity (Wildman–Crippen MR) is 145 cm³/mol. The Bertz CT molecular complexity index is 1330. The summed E-state index contributed by atoms with van der Waals surface area (Å²) in [5.41, 5.74) is 4.14. The molecular weight excluding hydrogens is 466 g/mol. The van der Waals surface area contributed by atoms with E-state index in [1.165, 1.54) is 0 Å². The van der Waals surface area contributed by atoms with Crippen molar-refractivity contribution in [3.05, 3.63) is 53.7 Å². The number of fused-ring (bicyclic) bond motifs is 1. The summed E-state index contributed by atoms with van der Waals surface area (Å²) in [7, 11) is 0. The maximum atomic E-state index is 12.6. The van der Waals surface area contributed by atoms with Crippen molar-refractivity contribution in [3.63, 3.8) is 0 Å². The van der Waals surface area contributed by atoms with Gasteiger partial charge in [0.05, 0.1) is 11.6 Å². The first-order valence-electron chi connectivity index (χ1n) is 13.1. The molecule has 2 fully saturated rings. The maximum Gasteiger partial charge on any atom is 0.410 e. The highest BCUT2D eigenvalue weighted by Crippen LogP contribution is 2.29. The van der Waals surface area contributed by atoms with Crippen LogP contribution in [0.5, 0.6) is 0 Å². The third-order valence-electron chi connectivity index (χ3n) is 6.80. The van der Waals surface area contributed by atoms with Crippen molar-refractivity contribution in [2.45, 2.75) is 71.1 Å². The van der Waals surface area contributed by atoms with Crippen molar-refractivity contribution < 1.29 is 14.3 Å². The lowest BCUT2D eigenvalue weighted by Gasteiger charge is -2.28. The van der Waals surface area contributed by atoms with Crippen molar-refractivity contribution >= 4 is 28.9 Å². The second-order valence-corrected chi connectivity index (χ2v) is 11.1. The smallest absolute Gasteiger partial charge is 0.410 e. The van der Waals surface area contributed by atoms with Crippen LogP contribution in [-0.2, 0) is 4.74 Å². The lowest BCUT2D eigenvalue weighted by molar-refractivity contribution is 0.0235. The zero-order valence-electron chi connectivity index (χ0n) is 22.0. The number of nitrogens with one attached hydrogen (secondary N) is 2. The van der Waals surface area contributed by atoms with Crippen molar-refractivity contribution in [2.24, 2.45) is 0 Å². The molecule has 1 aliphatic carbocycles. The fourth-order valence-electron chi connectivity index (χ4n) is 4.67. The van der Waals surface area contributed by atoms with E-state index >= 15 is 0 Å². The molecule has 3 aromatic rings. The number of carbonyl (C=O) groups is 2. The summed E-state index contributed by atoms with van der Waals surface area (Å²) in [4.78, 5) is 36.1. The molecule has 0 radical (unpaired) electrons. The van der Waals surface area contributed by atoms with Crippen LogP contribution in [0.3, 0.4) is 0 Å². The number of anilines is 1. The van der Waals surface area contributed by atoms with Crippen LogP contribution in [0.2, 0.25) is 0 Å². The largest absolute Gasteiger partial charge is 0.444 e. The Balaban J connectivity index is 1.28. The average molecular weight is 502 g/mol. The second kappa shape index (κ2) is 10.00. The first kappa shape index (κ1) is 25.0. The van der Waals surface area contributed by atoms with Gasteiger partial charge in [-0.05, 0) is 94.3 Å². The zero-order valence-corrected chi connectivity index (χ0v) is 22.0. The molecule has 8 heteroatoms. The van der Waals surface area contributed by atoms with Gasteiger partial charge in [0.2, 0.25) is 5.95 Å². The lowest BCUT2D eigenvalue weighted by Crippen LogP contribution is -2.42. The number of hydrogen-bond donors (Lipinski definition) is 2. The number of nitrogens with zero attached hydrogens (tertiary/aromatic N) is 3. The Morgan fingerprint density at radius 2 is 1.92 bits per heavy atom. The minimum atomic E-state index is -0.513. The van der Waals surface area contributed by atoms with Crippen LogP contribution in [0.25, 0.3) is 22.0 Å². The van der Waals surface area contributed by atoms with E-state index < -0.39 is 5.60 Å². The van der Waals surface area contributed by atoms with Crippen LogP contribution < -0.4 is 10.6 Å². The maximum absolute atomic E-state index is 12.6. The second-order valence-electron chi connectivity index (χ2n) is 11.1. The topological polar surface area (TPSA) is 96.5 Å². The SMILES string of the molecule is Cc1ccc(C(=O)NC2CC2)cc1-c1ccc2nc(NC[C@H]3CCCN3C(=O)OC(C)(C)C)ncc2c1. The summed E-state index contributed by atoms with van der Waals surface area (Å²) in [5.74, 6) is 0.516. The molecule has 1 saturated heterocycles. The molecule has 1 saturated carbocycles. The van der Waals surface area contributed by atoms with E-state index in [1.807, 2.05) is 57.3 Å². The highest BCUT2D eigenvalue weighted by atomic mass is 16.6. The Morgan fingerprint density at radius 1 is 1.11 bits per heavy atom. The highest BCUT2D eigenvalue weighted by Gasteiger charge is 2.32. The van der Waals surface area contributed by atoms with Crippen LogP contribution in [0.15, 0.2) is 42.6 Å². The molecule has 2 amide bonds. The van der Waals surface area contributed by atoms with E-state index in [0.29, 0.717) is 30.6 Å². The molecule has 2 heterocycles. The van der Waals surface area contributed by atoms with E-state index in [2.05, 4.69) is 33.6 Å². The Labute approximate surface area is 217 Å². The van der Waals surface area contributed by atoms with E-state index in [0.717, 1.165) is 53.3 Å². The Hall–Kier alpha value is -3.68. The van der Waals surface area contributed by atoms with Crippen molar-refractivity contribution in [2.75, 3.05) is 18.4 Å². The number of hydrogen-bond acceptors (Lipinski definition) is 6. The number of amides is 2. The van der Waals surface area contributed by atoms with Crippen molar-refractivity contribution in [3.8, 4) is 11.1 Å². The number of carbonyl (C=O) groups excluding carboxylic acids is 2. The molecule has 1 aromatic heterocycles. The van der Waals surface area contributed by atoms with Crippen LogP contribution in [0.4, 0.5) is 10.7 Å². The summed E-state index contributed by atoms with van der Waals surface area (Å²) in [6.07, 6.45) is 5.54. The number of aryl methyl sites for hydroxylation is 1. The van der Waals surface area contributed by atoms with E-state index in [9.17, 15) is 9.59 Å². The standard InChI is InChI=1S/C29H35N5O3/c1-18-7-8-20(26(35)32-22-10-11-22)15-24(18)19-9-12-25-21(14-19)16-30-27(33-25)31-17-23-6-5-13-34(23)28(36)37-29(2,3)4/h7-9,12,14-16,22-23H,5-6,10-11,13,17H2,1-4H3,(H,32,35)(H,30,31,33)/t23-/m1/s1. The van der Waals surface area contributed by atoms with Gasteiger partial charge in [0, 0.05) is 36.3 Å². The molecule has 2 aromatic carbocycles. The van der Waals surface area contributed by atoms with Gasteiger partial charge in [-0.2, -0.15) is 0 Å².